The van der Waals surface area contributed by atoms with Crippen LogP contribution in [0.4, 0.5) is 0 Å². The van der Waals surface area contributed by atoms with Crippen LogP contribution in [0.25, 0.3) is 77.6 Å². The summed E-state index contributed by atoms with van der Waals surface area (Å²) < 4.78 is 99.7. The molecule has 5 aromatic carbocycles. The minimum atomic E-state index is -0.657. The van der Waals surface area contributed by atoms with Crippen LogP contribution >= 0.6 is 0 Å². The molecule has 0 saturated carbocycles. The summed E-state index contributed by atoms with van der Waals surface area (Å²) in [6, 6.07) is 16.3. The monoisotopic (exact) mass is 535 g/mol. The minimum absolute atomic E-state index is 0.00731. The van der Waals surface area contributed by atoms with Crippen LogP contribution in [0.3, 0.4) is 0 Å². The van der Waals surface area contributed by atoms with Crippen LogP contribution in [0.1, 0.15) is 15.1 Å². The van der Waals surface area contributed by atoms with E-state index in [1.54, 1.807) is 12.3 Å². The number of furan rings is 1. The van der Waals surface area contributed by atoms with Gasteiger partial charge in [0.25, 0.3) is 0 Å². The van der Waals surface area contributed by atoms with Gasteiger partial charge in [0.1, 0.15) is 11.5 Å². The molecular weight excluding hydrogens is 500 g/mol. The van der Waals surface area contributed by atoms with E-state index in [1.165, 1.54) is 0 Å². The van der Waals surface area contributed by atoms with Crippen molar-refractivity contribution in [2.24, 2.45) is 0 Å². The zero-order valence-electron chi connectivity index (χ0n) is 32.3. The molecule has 0 aliphatic rings. The molecule has 3 heteroatoms. The Labute approximate surface area is 252 Å². The van der Waals surface area contributed by atoms with E-state index >= 15 is 0 Å². The van der Waals surface area contributed by atoms with Crippen LogP contribution in [0, 0.1) is 0 Å². The molecule has 0 spiro atoms. The van der Waals surface area contributed by atoms with Gasteiger partial charge >= 0.3 is 0 Å². The Hall–Kier alpha value is -5.54. The molecule has 0 atom stereocenters. The summed E-state index contributed by atoms with van der Waals surface area (Å²) in [5.41, 5.74) is 2.58. The van der Waals surface area contributed by atoms with E-state index in [0.29, 0.717) is 16.6 Å². The maximum atomic E-state index is 9.32. The van der Waals surface area contributed by atoms with Crippen LogP contribution in [-0.4, -0.2) is 9.97 Å². The third kappa shape index (κ3) is 4.07. The first-order valence-corrected chi connectivity index (χ1v) is 12.9. The molecule has 8 rings (SSSR count). The van der Waals surface area contributed by atoms with E-state index in [-0.39, 0.29) is 11.1 Å². The van der Waals surface area contributed by atoms with E-state index < -0.39 is 83.6 Å². The molecule has 0 fully saturated rings. The topological polar surface area (TPSA) is 38.9 Å². The van der Waals surface area contributed by atoms with Gasteiger partial charge in [-0.25, -0.2) is 4.98 Å². The SMILES string of the molecule is [2H]c1c(-c2c([2H])c([2H])c([2H])c([2H])c2[2H])oc(-c2c([2H])c([2H])c([2H])c(-c3ccc(-c4ccc5ccc6cccnc6c5n4)c4ccccc34)c2[2H])c1[2H]. The molecule has 3 heterocycles. The molecule has 0 radical (unpaired) electrons. The van der Waals surface area contributed by atoms with Gasteiger partial charge in [-0.1, -0.05) is 109 Å². The van der Waals surface area contributed by atoms with Crippen molar-refractivity contribution in [1.82, 2.24) is 9.97 Å². The van der Waals surface area contributed by atoms with E-state index in [4.69, 9.17) is 23.1 Å². The lowest BCUT2D eigenvalue weighted by Crippen LogP contribution is -1.91. The van der Waals surface area contributed by atoms with Crippen LogP contribution in [0.15, 0.2) is 150 Å². The van der Waals surface area contributed by atoms with Gasteiger partial charge in [-0.05, 0) is 52.2 Å². The molecular formula is C38H24N2O. The first kappa shape index (κ1) is 14.7. The predicted octanol–water partition coefficient (Wildman–Crippen LogP) is 10.2. The Morgan fingerprint density at radius 3 is 2.07 bits per heavy atom. The number of aromatic nitrogens is 2. The van der Waals surface area contributed by atoms with Gasteiger partial charge in [0.15, 0.2) is 0 Å². The normalized spacial score (nSPS) is 15.2. The van der Waals surface area contributed by atoms with Gasteiger partial charge in [0, 0.05) is 33.7 Å². The fraction of sp³-hybridized carbons (Fsp3) is 0. The molecule has 3 aromatic heterocycles. The summed E-state index contributed by atoms with van der Waals surface area (Å²) in [6.07, 6.45) is 1.72. The number of rotatable bonds is 4. The van der Waals surface area contributed by atoms with Crippen molar-refractivity contribution in [3.05, 3.63) is 145 Å². The molecule has 8 aromatic rings. The van der Waals surface area contributed by atoms with Crippen molar-refractivity contribution in [3.8, 4) is 45.0 Å². The Kier molecular flexibility index (Phi) is 3.44. The maximum absolute atomic E-state index is 9.32. The third-order valence-electron chi connectivity index (χ3n) is 6.97. The summed E-state index contributed by atoms with van der Waals surface area (Å²) in [7, 11) is 0. The fourth-order valence-electron chi connectivity index (χ4n) is 5.06. The van der Waals surface area contributed by atoms with Gasteiger partial charge in [0.05, 0.1) is 31.8 Å². The second-order valence-electron chi connectivity index (χ2n) is 9.38. The van der Waals surface area contributed by atoms with Crippen molar-refractivity contribution < 1.29 is 19.5 Å². The minimum Gasteiger partial charge on any atom is -0.456 e. The smallest absolute Gasteiger partial charge is 0.134 e. The molecule has 41 heavy (non-hydrogen) atoms. The first-order valence-electron chi connectivity index (χ1n) is 18.4. The quantitative estimate of drug-likeness (QED) is 0.210. The van der Waals surface area contributed by atoms with Crippen LogP contribution in [-0.2, 0) is 0 Å². The summed E-state index contributed by atoms with van der Waals surface area (Å²) >= 11 is 0. The highest BCUT2D eigenvalue weighted by atomic mass is 16.3. The zero-order valence-corrected chi connectivity index (χ0v) is 21.3. The zero-order chi connectivity index (χ0) is 36.7. The van der Waals surface area contributed by atoms with E-state index in [0.717, 1.165) is 32.8 Å². The highest BCUT2D eigenvalue weighted by molar-refractivity contribution is 6.07. The Morgan fingerprint density at radius 1 is 0.537 bits per heavy atom. The van der Waals surface area contributed by atoms with Crippen LogP contribution in [0.2, 0.25) is 0 Å². The summed E-state index contributed by atoms with van der Waals surface area (Å²) in [5.74, 6) is -0.960. The number of pyridine rings is 2. The Bertz CT molecular complexity index is 2800. The fourth-order valence-corrected chi connectivity index (χ4v) is 5.06. The highest BCUT2D eigenvalue weighted by Gasteiger charge is 2.13. The number of benzene rings is 5. The lowest BCUT2D eigenvalue weighted by Gasteiger charge is -2.13. The highest BCUT2D eigenvalue weighted by Crippen LogP contribution is 2.38. The molecule has 192 valence electrons. The van der Waals surface area contributed by atoms with Crippen molar-refractivity contribution in [1.29, 1.82) is 0 Å². The van der Waals surface area contributed by atoms with Gasteiger partial charge < -0.3 is 4.42 Å². The van der Waals surface area contributed by atoms with E-state index in [9.17, 15) is 1.37 Å². The summed E-state index contributed by atoms with van der Waals surface area (Å²) in [6.45, 7) is 0. The molecule has 0 amide bonds. The second kappa shape index (κ2) is 9.58. The first-order chi connectivity index (χ1) is 24.9. The average molecular weight is 536 g/mol. The van der Waals surface area contributed by atoms with Gasteiger partial charge in [-0.3, -0.25) is 4.98 Å². The summed E-state index contributed by atoms with van der Waals surface area (Å²) in [5, 5.41) is 3.26. The van der Waals surface area contributed by atoms with Gasteiger partial charge in [0.2, 0.25) is 0 Å². The number of fused-ring (bicyclic) bond motifs is 4. The average Bonchev–Trinajstić information content (AvgIpc) is 3.44. The van der Waals surface area contributed by atoms with Crippen LogP contribution in [0.5, 0.6) is 0 Å². The number of nitrogens with zero attached hydrogens (tertiary/aromatic N) is 2. The van der Waals surface area contributed by atoms with Crippen LogP contribution < -0.4 is 0 Å². The number of hydrogen-bond acceptors (Lipinski definition) is 3. The van der Waals surface area contributed by atoms with Crippen molar-refractivity contribution in [2.75, 3.05) is 0 Å². The largest absolute Gasteiger partial charge is 0.456 e. The van der Waals surface area contributed by atoms with Gasteiger partial charge in [-0.2, -0.15) is 0 Å². The maximum Gasteiger partial charge on any atom is 0.134 e. The van der Waals surface area contributed by atoms with Crippen molar-refractivity contribution in [2.45, 2.75) is 0 Å². The standard InChI is InChI=1S/C38H24N2O/c1-2-8-25(9-3-1)35-21-22-36(41-35)29-11-6-10-28(24-29)30-18-19-33(32-14-5-4-13-31(30)32)34-20-17-27-16-15-26-12-7-23-39-37(26)38(27)40-34/h1-24H/i1D,2D,3D,6D,8D,9D,10D,11D,21D,22D,24D. The van der Waals surface area contributed by atoms with Gasteiger partial charge in [-0.15, -0.1) is 0 Å². The Morgan fingerprint density at radius 2 is 1.22 bits per heavy atom. The predicted molar refractivity (Wildman–Crippen MR) is 169 cm³/mol. The second-order valence-corrected chi connectivity index (χ2v) is 9.38. The number of hydrogen-bond donors (Lipinski definition) is 0. The third-order valence-corrected chi connectivity index (χ3v) is 6.97. The lowest BCUT2D eigenvalue weighted by atomic mass is 9.92. The Balaban J connectivity index is 1.34. The molecule has 0 unspecified atom stereocenters. The van der Waals surface area contributed by atoms with E-state index in [1.807, 2.05) is 66.7 Å². The van der Waals surface area contributed by atoms with Crippen molar-refractivity contribution >= 4 is 32.6 Å². The molecule has 0 saturated heterocycles. The molecule has 0 N–H and O–H groups in total. The lowest BCUT2D eigenvalue weighted by molar-refractivity contribution is 0.597. The molecule has 0 bridgehead atoms. The van der Waals surface area contributed by atoms with Crippen molar-refractivity contribution in [3.63, 3.8) is 0 Å². The van der Waals surface area contributed by atoms with E-state index in [2.05, 4.69) is 4.98 Å². The molecule has 3 nitrogen and oxygen atoms in total. The molecule has 0 aliphatic carbocycles. The summed E-state index contributed by atoms with van der Waals surface area (Å²) in [4.78, 5) is 9.58. The molecule has 0 aliphatic heterocycles.